The first-order chi connectivity index (χ1) is 11.7. The van der Waals surface area contributed by atoms with Gasteiger partial charge in [0.2, 0.25) is 0 Å². The third-order valence-electron chi connectivity index (χ3n) is 3.29. The lowest BCUT2D eigenvalue weighted by Gasteiger charge is -2.02. The Bertz CT molecular complexity index is 827. The van der Waals surface area contributed by atoms with Gasteiger partial charge in [-0.2, -0.15) is 0 Å². The number of rotatable bonds is 6. The Kier molecular flexibility index (Phi) is 5.32. The molecular formula is C17H17N3O2S2. The average Bonchev–Trinajstić information content (AvgIpc) is 3.20. The smallest absolute Gasteiger partial charge is 0.350 e. The Morgan fingerprint density at radius 3 is 2.79 bits per heavy atom. The lowest BCUT2D eigenvalue weighted by Crippen LogP contribution is -2.05. The predicted molar refractivity (Wildman–Crippen MR) is 96.3 cm³/mol. The van der Waals surface area contributed by atoms with Crippen molar-refractivity contribution in [1.82, 2.24) is 14.5 Å². The largest absolute Gasteiger partial charge is 0.462 e. The number of esters is 1. The molecule has 0 spiro atoms. The van der Waals surface area contributed by atoms with Gasteiger partial charge in [-0.05, 0) is 6.92 Å². The summed E-state index contributed by atoms with van der Waals surface area (Å²) in [6.07, 6.45) is 3.65. The zero-order valence-electron chi connectivity index (χ0n) is 13.4. The fourth-order valence-corrected chi connectivity index (χ4v) is 4.08. The molecule has 24 heavy (non-hydrogen) atoms. The minimum atomic E-state index is -0.312. The molecule has 0 N–H and O–H groups in total. The molecule has 2 heterocycles. The summed E-state index contributed by atoms with van der Waals surface area (Å²) in [5, 5.41) is 1.72. The molecule has 0 aliphatic heterocycles. The van der Waals surface area contributed by atoms with Crippen LogP contribution in [-0.4, -0.2) is 27.1 Å². The molecule has 1 aromatic carbocycles. The highest BCUT2D eigenvalue weighted by Gasteiger charge is 2.20. The van der Waals surface area contributed by atoms with Gasteiger partial charge >= 0.3 is 5.97 Å². The van der Waals surface area contributed by atoms with Crippen molar-refractivity contribution in [2.75, 3.05) is 6.61 Å². The van der Waals surface area contributed by atoms with Gasteiger partial charge in [0, 0.05) is 30.8 Å². The molecule has 3 aromatic rings. The summed E-state index contributed by atoms with van der Waals surface area (Å²) in [5.74, 6) is 0.259. The maximum Gasteiger partial charge on any atom is 0.350 e. The van der Waals surface area contributed by atoms with Crippen molar-refractivity contribution in [2.24, 2.45) is 7.05 Å². The van der Waals surface area contributed by atoms with Crippen molar-refractivity contribution >= 4 is 29.1 Å². The lowest BCUT2D eigenvalue weighted by atomic mass is 10.2. The first kappa shape index (κ1) is 16.7. The number of thioether (sulfide) groups is 1. The van der Waals surface area contributed by atoms with Crippen LogP contribution in [0.15, 0.2) is 47.9 Å². The summed E-state index contributed by atoms with van der Waals surface area (Å²) in [4.78, 5) is 21.8. The standard InChI is InChI=1S/C17H17N3O2S2/c1-3-22-16(21)14-13(11-23-17-18-9-10-20(17)2)19-15(24-14)12-7-5-4-6-8-12/h4-10H,3,11H2,1-2H3. The highest BCUT2D eigenvalue weighted by Crippen LogP contribution is 2.32. The topological polar surface area (TPSA) is 57.0 Å². The van der Waals surface area contributed by atoms with E-state index in [0.717, 1.165) is 21.4 Å². The van der Waals surface area contributed by atoms with E-state index in [2.05, 4.69) is 9.97 Å². The van der Waals surface area contributed by atoms with Crippen LogP contribution in [-0.2, 0) is 17.5 Å². The quantitative estimate of drug-likeness (QED) is 0.492. The summed E-state index contributed by atoms with van der Waals surface area (Å²) in [5.41, 5.74) is 1.74. The Morgan fingerprint density at radius 1 is 1.33 bits per heavy atom. The van der Waals surface area contributed by atoms with Gasteiger partial charge < -0.3 is 9.30 Å². The molecule has 0 atom stereocenters. The van der Waals surface area contributed by atoms with Crippen LogP contribution < -0.4 is 0 Å². The monoisotopic (exact) mass is 359 g/mol. The molecule has 0 radical (unpaired) electrons. The number of carbonyl (C=O) groups excluding carboxylic acids is 1. The molecule has 2 aromatic heterocycles. The van der Waals surface area contributed by atoms with E-state index in [9.17, 15) is 4.79 Å². The Morgan fingerprint density at radius 2 is 2.12 bits per heavy atom. The second-order valence-corrected chi connectivity index (χ2v) is 6.93. The summed E-state index contributed by atoms with van der Waals surface area (Å²) in [6, 6.07) is 9.86. The molecule has 5 nitrogen and oxygen atoms in total. The Balaban J connectivity index is 1.89. The Labute approximate surface area is 148 Å². The van der Waals surface area contributed by atoms with Crippen molar-refractivity contribution in [3.63, 3.8) is 0 Å². The molecule has 7 heteroatoms. The SMILES string of the molecule is CCOC(=O)c1sc(-c2ccccc2)nc1CSc1nccn1C. The number of hydrogen-bond donors (Lipinski definition) is 0. The van der Waals surface area contributed by atoms with Gasteiger partial charge in [0.1, 0.15) is 9.88 Å². The number of hydrogen-bond acceptors (Lipinski definition) is 6. The van der Waals surface area contributed by atoms with Gasteiger partial charge in [0.15, 0.2) is 5.16 Å². The number of aromatic nitrogens is 3. The fourth-order valence-electron chi connectivity index (χ4n) is 2.13. The molecule has 0 amide bonds. The molecule has 0 aliphatic rings. The average molecular weight is 359 g/mol. The molecule has 0 saturated heterocycles. The van der Waals surface area contributed by atoms with Gasteiger partial charge in [-0.1, -0.05) is 42.1 Å². The summed E-state index contributed by atoms with van der Waals surface area (Å²) >= 11 is 2.93. The van der Waals surface area contributed by atoms with Crippen molar-refractivity contribution in [3.8, 4) is 10.6 Å². The number of aryl methyl sites for hydroxylation is 1. The molecule has 0 unspecified atom stereocenters. The maximum atomic E-state index is 12.3. The van der Waals surface area contributed by atoms with E-state index in [0.29, 0.717) is 17.2 Å². The molecule has 0 saturated carbocycles. The molecule has 0 bridgehead atoms. The van der Waals surface area contributed by atoms with Crippen LogP contribution in [0.2, 0.25) is 0 Å². The van der Waals surface area contributed by atoms with Gasteiger partial charge in [0.25, 0.3) is 0 Å². The molecule has 3 rings (SSSR count). The van der Waals surface area contributed by atoms with Gasteiger partial charge in [-0.25, -0.2) is 14.8 Å². The fraction of sp³-hybridized carbons (Fsp3) is 0.235. The van der Waals surface area contributed by atoms with Crippen molar-refractivity contribution in [3.05, 3.63) is 53.3 Å². The van der Waals surface area contributed by atoms with Gasteiger partial charge in [0.05, 0.1) is 12.3 Å². The molecule has 0 aliphatic carbocycles. The summed E-state index contributed by atoms with van der Waals surface area (Å²) < 4.78 is 7.12. The number of carbonyl (C=O) groups is 1. The third-order valence-corrected chi connectivity index (χ3v) is 5.49. The lowest BCUT2D eigenvalue weighted by molar-refractivity contribution is 0.0531. The van der Waals surface area contributed by atoms with E-state index in [1.54, 1.807) is 24.9 Å². The van der Waals surface area contributed by atoms with Crippen LogP contribution in [0.3, 0.4) is 0 Å². The number of thiazole rings is 1. The van der Waals surface area contributed by atoms with Crippen LogP contribution in [0.1, 0.15) is 22.3 Å². The minimum Gasteiger partial charge on any atom is -0.462 e. The second-order valence-electron chi connectivity index (χ2n) is 4.99. The number of benzene rings is 1. The van der Waals surface area contributed by atoms with Crippen LogP contribution in [0.25, 0.3) is 10.6 Å². The van der Waals surface area contributed by atoms with E-state index in [1.807, 2.05) is 48.1 Å². The summed E-state index contributed by atoms with van der Waals surface area (Å²) in [6.45, 7) is 2.16. The van der Waals surface area contributed by atoms with Crippen LogP contribution in [0.5, 0.6) is 0 Å². The van der Waals surface area contributed by atoms with Crippen molar-refractivity contribution in [2.45, 2.75) is 17.8 Å². The summed E-state index contributed by atoms with van der Waals surface area (Å²) in [7, 11) is 1.94. The van der Waals surface area contributed by atoms with Gasteiger partial charge in [-0.15, -0.1) is 11.3 Å². The minimum absolute atomic E-state index is 0.312. The first-order valence-electron chi connectivity index (χ1n) is 7.51. The van der Waals surface area contributed by atoms with E-state index in [1.165, 1.54) is 11.3 Å². The third kappa shape index (κ3) is 3.68. The molecule has 124 valence electrons. The Hall–Kier alpha value is -2.12. The maximum absolute atomic E-state index is 12.3. The van der Waals surface area contributed by atoms with Crippen molar-refractivity contribution in [1.29, 1.82) is 0 Å². The zero-order chi connectivity index (χ0) is 16.9. The number of imidazole rings is 1. The van der Waals surface area contributed by atoms with Crippen LogP contribution in [0, 0.1) is 0 Å². The van der Waals surface area contributed by atoms with E-state index in [-0.39, 0.29) is 5.97 Å². The second kappa shape index (κ2) is 7.63. The molecular weight excluding hydrogens is 342 g/mol. The van der Waals surface area contributed by atoms with Gasteiger partial charge in [-0.3, -0.25) is 0 Å². The van der Waals surface area contributed by atoms with Crippen LogP contribution >= 0.6 is 23.1 Å². The zero-order valence-corrected chi connectivity index (χ0v) is 15.1. The number of nitrogens with zero attached hydrogens (tertiary/aromatic N) is 3. The van der Waals surface area contributed by atoms with Crippen molar-refractivity contribution < 1.29 is 9.53 Å². The van der Waals surface area contributed by atoms with E-state index in [4.69, 9.17) is 4.74 Å². The van der Waals surface area contributed by atoms with E-state index >= 15 is 0 Å². The molecule has 0 fully saturated rings. The highest BCUT2D eigenvalue weighted by atomic mass is 32.2. The van der Waals surface area contributed by atoms with E-state index < -0.39 is 0 Å². The number of ether oxygens (including phenoxy) is 1. The highest BCUT2D eigenvalue weighted by molar-refractivity contribution is 7.98. The van der Waals surface area contributed by atoms with Crippen LogP contribution in [0.4, 0.5) is 0 Å². The predicted octanol–water partition coefficient (Wildman–Crippen LogP) is 4.01. The normalized spacial score (nSPS) is 10.8. The first-order valence-corrected chi connectivity index (χ1v) is 9.31.